The van der Waals surface area contributed by atoms with Gasteiger partial charge in [0.2, 0.25) is 0 Å². The summed E-state index contributed by atoms with van der Waals surface area (Å²) in [6.45, 7) is 2.32. The van der Waals surface area contributed by atoms with Crippen molar-refractivity contribution in [3.8, 4) is 0 Å². The monoisotopic (exact) mass is 344 g/mol. The topological polar surface area (TPSA) is 0 Å². The molecular formula is C20H25Br. The highest BCUT2D eigenvalue weighted by Gasteiger charge is 2.28. The second-order valence-electron chi connectivity index (χ2n) is 6.59. The Labute approximate surface area is 137 Å². The van der Waals surface area contributed by atoms with Gasteiger partial charge in [-0.15, -0.1) is 0 Å². The van der Waals surface area contributed by atoms with Crippen molar-refractivity contribution in [1.82, 2.24) is 0 Å². The van der Waals surface area contributed by atoms with Crippen LogP contribution in [0.5, 0.6) is 0 Å². The summed E-state index contributed by atoms with van der Waals surface area (Å²) < 4.78 is 0. The van der Waals surface area contributed by atoms with E-state index in [1.807, 2.05) is 0 Å². The summed E-state index contributed by atoms with van der Waals surface area (Å²) in [6, 6.07) is 15.6. The zero-order chi connectivity index (χ0) is 14.7. The maximum atomic E-state index is 3.95. The largest absolute Gasteiger partial charge is 0.0888 e. The Morgan fingerprint density at radius 1 is 1.05 bits per heavy atom. The van der Waals surface area contributed by atoms with Crippen molar-refractivity contribution < 1.29 is 0 Å². The Hall–Kier alpha value is -0.820. The lowest BCUT2D eigenvalue weighted by Gasteiger charge is -2.33. The minimum absolute atomic E-state index is 0.699. The minimum atomic E-state index is 0.699. The molecule has 0 radical (unpaired) electrons. The molecule has 0 nitrogen and oxygen atoms in total. The van der Waals surface area contributed by atoms with Gasteiger partial charge in [0.15, 0.2) is 0 Å². The molecule has 0 aliphatic heterocycles. The Bertz CT molecular complexity index is 584. The smallest absolute Gasteiger partial charge is 0.0177 e. The predicted molar refractivity (Wildman–Crippen MR) is 96.1 cm³/mol. The molecule has 1 aliphatic rings. The van der Waals surface area contributed by atoms with Crippen LogP contribution in [0.4, 0.5) is 0 Å². The Morgan fingerprint density at radius 3 is 2.71 bits per heavy atom. The molecule has 1 heteroatoms. The Morgan fingerprint density at radius 2 is 1.86 bits per heavy atom. The van der Waals surface area contributed by atoms with Gasteiger partial charge in [0.1, 0.15) is 0 Å². The summed E-state index contributed by atoms with van der Waals surface area (Å²) in [5.41, 5.74) is 1.53. The summed E-state index contributed by atoms with van der Waals surface area (Å²) in [5.74, 6) is 1.74. The minimum Gasteiger partial charge on any atom is -0.0888 e. The zero-order valence-corrected chi connectivity index (χ0v) is 14.5. The van der Waals surface area contributed by atoms with Crippen molar-refractivity contribution in [1.29, 1.82) is 0 Å². The summed E-state index contributed by atoms with van der Waals surface area (Å²) in [6.07, 6.45) is 8.12. The van der Waals surface area contributed by atoms with Crippen molar-refractivity contribution in [2.75, 3.05) is 0 Å². The summed E-state index contributed by atoms with van der Waals surface area (Å²) in [7, 11) is 0. The van der Waals surface area contributed by atoms with Crippen LogP contribution >= 0.6 is 15.9 Å². The molecule has 3 unspecified atom stereocenters. The van der Waals surface area contributed by atoms with Gasteiger partial charge in [-0.25, -0.2) is 0 Å². The van der Waals surface area contributed by atoms with E-state index in [-0.39, 0.29) is 0 Å². The highest BCUT2D eigenvalue weighted by Crippen LogP contribution is 2.38. The molecule has 0 bridgehead atoms. The lowest BCUT2D eigenvalue weighted by Crippen LogP contribution is -2.26. The molecule has 3 atom stereocenters. The average Bonchev–Trinajstić information content (AvgIpc) is 2.51. The second-order valence-corrected chi connectivity index (χ2v) is 7.76. The Kier molecular flexibility index (Phi) is 5.00. The third-order valence-electron chi connectivity index (χ3n) is 5.06. The molecule has 0 amide bonds. The standard InChI is InChI=1S/C20H25Br/c1-2-6-15-11-12-20(21)18(13-15)14-17-9-5-8-16-7-3-4-10-19(16)17/h3-5,7-10,15,18,20H,2,6,11-14H2,1H3. The molecule has 2 aromatic carbocycles. The van der Waals surface area contributed by atoms with E-state index in [1.165, 1.54) is 54.9 Å². The van der Waals surface area contributed by atoms with Gasteiger partial charge in [-0.3, -0.25) is 0 Å². The van der Waals surface area contributed by atoms with Crippen molar-refractivity contribution in [3.63, 3.8) is 0 Å². The van der Waals surface area contributed by atoms with Gasteiger partial charge in [-0.1, -0.05) is 78.2 Å². The highest BCUT2D eigenvalue weighted by atomic mass is 79.9. The summed E-state index contributed by atoms with van der Waals surface area (Å²) >= 11 is 3.95. The van der Waals surface area contributed by atoms with Gasteiger partial charge in [0.05, 0.1) is 0 Å². The summed E-state index contributed by atoms with van der Waals surface area (Å²) in [4.78, 5) is 0.699. The van der Waals surface area contributed by atoms with Gasteiger partial charge in [0, 0.05) is 4.83 Å². The quantitative estimate of drug-likeness (QED) is 0.566. The molecule has 0 saturated heterocycles. The molecule has 0 spiro atoms. The van der Waals surface area contributed by atoms with Crippen LogP contribution in [0.1, 0.15) is 44.6 Å². The molecule has 0 N–H and O–H groups in total. The molecule has 1 aliphatic carbocycles. The van der Waals surface area contributed by atoms with Crippen molar-refractivity contribution >= 4 is 26.7 Å². The predicted octanol–water partition coefficient (Wildman–Crippen LogP) is 6.36. The van der Waals surface area contributed by atoms with Crippen LogP contribution in [0.15, 0.2) is 42.5 Å². The fourth-order valence-corrected chi connectivity index (χ4v) is 4.63. The first-order valence-electron chi connectivity index (χ1n) is 8.38. The van der Waals surface area contributed by atoms with E-state index in [2.05, 4.69) is 65.3 Å². The molecule has 2 aromatic rings. The van der Waals surface area contributed by atoms with Gasteiger partial charge < -0.3 is 0 Å². The highest BCUT2D eigenvalue weighted by molar-refractivity contribution is 9.09. The fourth-order valence-electron chi connectivity index (χ4n) is 3.96. The van der Waals surface area contributed by atoms with Crippen LogP contribution in [0.25, 0.3) is 10.8 Å². The molecule has 0 aromatic heterocycles. The second kappa shape index (κ2) is 6.96. The van der Waals surface area contributed by atoms with E-state index in [9.17, 15) is 0 Å². The lowest BCUT2D eigenvalue weighted by atomic mass is 9.76. The van der Waals surface area contributed by atoms with Gasteiger partial charge in [0.25, 0.3) is 0 Å². The van der Waals surface area contributed by atoms with Gasteiger partial charge in [-0.2, -0.15) is 0 Å². The zero-order valence-electron chi connectivity index (χ0n) is 12.9. The molecule has 3 rings (SSSR count). The van der Waals surface area contributed by atoms with Gasteiger partial charge >= 0.3 is 0 Å². The third kappa shape index (κ3) is 3.51. The molecule has 1 saturated carbocycles. The van der Waals surface area contributed by atoms with E-state index in [4.69, 9.17) is 0 Å². The molecular weight excluding hydrogens is 320 g/mol. The maximum Gasteiger partial charge on any atom is 0.0177 e. The van der Waals surface area contributed by atoms with Crippen LogP contribution < -0.4 is 0 Å². The Balaban J connectivity index is 1.80. The lowest BCUT2D eigenvalue weighted by molar-refractivity contribution is 0.263. The number of benzene rings is 2. The van der Waals surface area contributed by atoms with Crippen LogP contribution in [0.3, 0.4) is 0 Å². The van der Waals surface area contributed by atoms with Crippen molar-refractivity contribution in [2.45, 2.75) is 50.3 Å². The van der Waals surface area contributed by atoms with E-state index in [0.717, 1.165) is 11.8 Å². The maximum absolute atomic E-state index is 3.95. The molecule has 0 heterocycles. The van der Waals surface area contributed by atoms with Crippen molar-refractivity contribution in [2.24, 2.45) is 11.8 Å². The number of hydrogen-bond donors (Lipinski definition) is 0. The first-order chi connectivity index (χ1) is 10.3. The first-order valence-corrected chi connectivity index (χ1v) is 9.30. The number of halogens is 1. The van der Waals surface area contributed by atoms with E-state index in [0.29, 0.717) is 4.83 Å². The van der Waals surface area contributed by atoms with E-state index in [1.54, 1.807) is 0 Å². The molecule has 1 fully saturated rings. The van der Waals surface area contributed by atoms with E-state index >= 15 is 0 Å². The number of fused-ring (bicyclic) bond motifs is 1. The average molecular weight is 345 g/mol. The molecule has 112 valence electrons. The SMILES string of the molecule is CCCC1CCC(Br)C(Cc2cccc3ccccc23)C1. The first kappa shape index (κ1) is 15.1. The number of hydrogen-bond acceptors (Lipinski definition) is 0. The molecule has 21 heavy (non-hydrogen) atoms. The summed E-state index contributed by atoms with van der Waals surface area (Å²) in [5, 5.41) is 2.82. The van der Waals surface area contributed by atoms with Crippen LogP contribution in [0.2, 0.25) is 0 Å². The van der Waals surface area contributed by atoms with Crippen LogP contribution in [0, 0.1) is 11.8 Å². The normalized spacial score (nSPS) is 26.1. The van der Waals surface area contributed by atoms with Crippen LogP contribution in [-0.4, -0.2) is 4.83 Å². The van der Waals surface area contributed by atoms with E-state index < -0.39 is 0 Å². The van der Waals surface area contributed by atoms with Crippen molar-refractivity contribution in [3.05, 3.63) is 48.0 Å². The van der Waals surface area contributed by atoms with Crippen LogP contribution in [-0.2, 0) is 6.42 Å². The number of alkyl halides is 1. The third-order valence-corrected chi connectivity index (χ3v) is 6.26. The van der Waals surface area contributed by atoms with Gasteiger partial charge in [-0.05, 0) is 53.9 Å². The number of rotatable bonds is 4. The fraction of sp³-hybridized carbons (Fsp3) is 0.500.